The first kappa shape index (κ1) is 14.5. The second-order valence-corrected chi connectivity index (χ2v) is 6.11. The van der Waals surface area contributed by atoms with Gasteiger partial charge in [0.2, 0.25) is 0 Å². The summed E-state index contributed by atoms with van der Waals surface area (Å²) in [5.74, 6) is 0.0975. The Morgan fingerprint density at radius 3 is 2.77 bits per heavy atom. The Balaban J connectivity index is 1.64. The summed E-state index contributed by atoms with van der Waals surface area (Å²) < 4.78 is 5.06. The number of amides is 1. The van der Waals surface area contributed by atoms with Gasteiger partial charge >= 0.3 is 0 Å². The molecule has 5 heteroatoms. The van der Waals surface area contributed by atoms with E-state index >= 15 is 0 Å². The predicted molar refractivity (Wildman–Crippen MR) is 86.0 cm³/mol. The minimum absolute atomic E-state index is 0.220. The van der Waals surface area contributed by atoms with Crippen molar-refractivity contribution in [2.45, 2.75) is 19.9 Å². The fourth-order valence-corrected chi connectivity index (χ4v) is 3.20. The van der Waals surface area contributed by atoms with Crippen LogP contribution < -0.4 is 5.32 Å². The summed E-state index contributed by atoms with van der Waals surface area (Å²) in [5.41, 5.74) is 2.29. The van der Waals surface area contributed by atoms with Gasteiger partial charge in [-0.1, -0.05) is 30.3 Å². The van der Waals surface area contributed by atoms with E-state index in [4.69, 9.17) is 4.42 Å². The molecule has 3 aromatic rings. The highest BCUT2D eigenvalue weighted by molar-refractivity contribution is 7.11. The van der Waals surface area contributed by atoms with Crippen LogP contribution in [-0.2, 0) is 13.0 Å². The fourth-order valence-electron chi connectivity index (χ4n) is 2.16. The fraction of sp³-hybridized carbons (Fsp3) is 0.176. The molecule has 0 saturated heterocycles. The largest absolute Gasteiger partial charge is 0.459 e. The van der Waals surface area contributed by atoms with Crippen LogP contribution in [-0.4, -0.2) is 10.9 Å². The summed E-state index contributed by atoms with van der Waals surface area (Å²) in [4.78, 5) is 17.6. The molecule has 0 fully saturated rings. The van der Waals surface area contributed by atoms with Crippen molar-refractivity contribution in [1.82, 2.24) is 10.3 Å². The molecule has 3 rings (SSSR count). The number of nitrogens with one attached hydrogen (secondary N) is 1. The average Bonchev–Trinajstić information content (AvgIpc) is 3.17. The summed E-state index contributed by atoms with van der Waals surface area (Å²) in [6.07, 6.45) is 2.36. The van der Waals surface area contributed by atoms with Crippen LogP contribution >= 0.6 is 11.3 Å². The van der Waals surface area contributed by atoms with Crippen LogP contribution in [0.15, 0.2) is 53.1 Å². The molecule has 2 aromatic heterocycles. The lowest BCUT2D eigenvalue weighted by molar-refractivity contribution is 0.0923. The lowest BCUT2D eigenvalue weighted by Crippen LogP contribution is -2.22. The molecular formula is C17H16N2O2S. The van der Waals surface area contributed by atoms with Crippen molar-refractivity contribution >= 4 is 17.2 Å². The molecule has 22 heavy (non-hydrogen) atoms. The number of carbonyl (C=O) groups is 1. The van der Waals surface area contributed by atoms with Gasteiger partial charge in [0, 0.05) is 11.3 Å². The Bertz CT molecular complexity index is 748. The number of thiazole rings is 1. The monoisotopic (exact) mass is 312 g/mol. The van der Waals surface area contributed by atoms with E-state index in [2.05, 4.69) is 22.4 Å². The van der Waals surface area contributed by atoms with Gasteiger partial charge in [0.05, 0.1) is 18.5 Å². The molecule has 0 bridgehead atoms. The highest BCUT2D eigenvalue weighted by Gasteiger charge is 2.11. The van der Waals surface area contributed by atoms with Crippen LogP contribution in [0.4, 0.5) is 0 Å². The molecule has 0 spiro atoms. The topological polar surface area (TPSA) is 55.1 Å². The average molecular weight is 312 g/mol. The molecule has 0 unspecified atom stereocenters. The van der Waals surface area contributed by atoms with Crippen LogP contribution in [0.25, 0.3) is 0 Å². The van der Waals surface area contributed by atoms with Gasteiger partial charge in [0.1, 0.15) is 5.01 Å². The highest BCUT2D eigenvalue weighted by Crippen LogP contribution is 2.21. The van der Waals surface area contributed by atoms with E-state index in [0.717, 1.165) is 17.1 Å². The van der Waals surface area contributed by atoms with Crippen LogP contribution in [0.2, 0.25) is 0 Å². The van der Waals surface area contributed by atoms with E-state index in [9.17, 15) is 4.79 Å². The van der Waals surface area contributed by atoms with E-state index in [0.29, 0.717) is 12.3 Å². The van der Waals surface area contributed by atoms with Crippen molar-refractivity contribution in [3.8, 4) is 0 Å². The van der Waals surface area contributed by atoms with E-state index in [1.165, 1.54) is 16.7 Å². The maximum atomic E-state index is 11.8. The lowest BCUT2D eigenvalue weighted by Gasteiger charge is -1.99. The van der Waals surface area contributed by atoms with Gasteiger partial charge in [-0.05, 0) is 24.6 Å². The van der Waals surface area contributed by atoms with Gasteiger partial charge in [-0.25, -0.2) is 4.98 Å². The first-order chi connectivity index (χ1) is 10.7. The molecule has 112 valence electrons. The minimum atomic E-state index is -0.220. The number of hydrogen-bond acceptors (Lipinski definition) is 4. The van der Waals surface area contributed by atoms with Crippen molar-refractivity contribution in [3.63, 3.8) is 0 Å². The van der Waals surface area contributed by atoms with Gasteiger partial charge in [-0.15, -0.1) is 11.3 Å². The smallest absolute Gasteiger partial charge is 0.287 e. The van der Waals surface area contributed by atoms with Gasteiger partial charge < -0.3 is 9.73 Å². The molecule has 4 nitrogen and oxygen atoms in total. The summed E-state index contributed by atoms with van der Waals surface area (Å²) in [5, 5.41) is 3.73. The van der Waals surface area contributed by atoms with Crippen molar-refractivity contribution in [2.24, 2.45) is 0 Å². The lowest BCUT2D eigenvalue weighted by atomic mass is 10.1. The summed E-state index contributed by atoms with van der Waals surface area (Å²) >= 11 is 1.64. The number of carbonyl (C=O) groups excluding carboxylic acids is 1. The number of aromatic nitrogens is 1. The highest BCUT2D eigenvalue weighted by atomic mass is 32.1. The van der Waals surface area contributed by atoms with E-state index in [1.807, 2.05) is 25.1 Å². The molecular weight excluding hydrogens is 296 g/mol. The van der Waals surface area contributed by atoms with Crippen LogP contribution in [0.3, 0.4) is 0 Å². The molecule has 0 radical (unpaired) electrons. The molecule has 2 heterocycles. The van der Waals surface area contributed by atoms with Gasteiger partial charge in [-0.3, -0.25) is 4.79 Å². The number of benzene rings is 1. The van der Waals surface area contributed by atoms with Crippen LogP contribution in [0.1, 0.15) is 31.7 Å². The Morgan fingerprint density at radius 1 is 1.23 bits per heavy atom. The van der Waals surface area contributed by atoms with Gasteiger partial charge in [0.25, 0.3) is 5.91 Å². The molecule has 0 atom stereocenters. The standard InChI is InChI=1S/C17H16N2O2S/c1-12-15(10-13-6-3-2-4-7-13)22-16(19-12)11-18-17(20)14-8-5-9-21-14/h2-9H,10-11H2,1H3,(H,18,20). The van der Waals surface area contributed by atoms with Gasteiger partial charge in [-0.2, -0.15) is 0 Å². The molecule has 1 amide bonds. The van der Waals surface area contributed by atoms with Crippen molar-refractivity contribution in [1.29, 1.82) is 0 Å². The second-order valence-electron chi connectivity index (χ2n) is 4.94. The molecule has 0 aliphatic carbocycles. The number of furan rings is 1. The first-order valence-electron chi connectivity index (χ1n) is 7.03. The Hall–Kier alpha value is -2.40. The third kappa shape index (κ3) is 3.43. The zero-order valence-electron chi connectivity index (χ0n) is 12.2. The normalized spacial score (nSPS) is 10.6. The molecule has 0 aliphatic heterocycles. The van der Waals surface area contributed by atoms with E-state index in [-0.39, 0.29) is 5.91 Å². The minimum Gasteiger partial charge on any atom is -0.459 e. The Labute approximate surface area is 132 Å². The van der Waals surface area contributed by atoms with Crippen molar-refractivity contribution in [2.75, 3.05) is 0 Å². The zero-order valence-corrected chi connectivity index (χ0v) is 13.0. The number of rotatable bonds is 5. The van der Waals surface area contributed by atoms with Crippen molar-refractivity contribution in [3.05, 3.63) is 75.6 Å². The third-order valence-corrected chi connectivity index (χ3v) is 4.45. The molecule has 0 aliphatic rings. The molecule has 1 aromatic carbocycles. The molecule has 1 N–H and O–H groups in total. The maximum absolute atomic E-state index is 11.8. The first-order valence-corrected chi connectivity index (χ1v) is 7.85. The molecule has 0 saturated carbocycles. The number of nitrogens with zero attached hydrogens (tertiary/aromatic N) is 1. The summed E-state index contributed by atoms with van der Waals surface area (Å²) in [7, 11) is 0. The number of aryl methyl sites for hydroxylation is 1. The quantitative estimate of drug-likeness (QED) is 0.783. The number of hydrogen-bond donors (Lipinski definition) is 1. The van der Waals surface area contributed by atoms with E-state index < -0.39 is 0 Å². The van der Waals surface area contributed by atoms with Crippen LogP contribution in [0.5, 0.6) is 0 Å². The summed E-state index contributed by atoms with van der Waals surface area (Å²) in [6, 6.07) is 13.6. The van der Waals surface area contributed by atoms with Gasteiger partial charge in [0.15, 0.2) is 5.76 Å². The zero-order chi connectivity index (χ0) is 15.4. The maximum Gasteiger partial charge on any atom is 0.287 e. The summed E-state index contributed by atoms with van der Waals surface area (Å²) in [6.45, 7) is 2.42. The Kier molecular flexibility index (Phi) is 4.34. The third-order valence-electron chi connectivity index (χ3n) is 3.29. The Morgan fingerprint density at radius 2 is 2.05 bits per heavy atom. The predicted octanol–water partition coefficient (Wildman–Crippen LogP) is 3.57. The SMILES string of the molecule is Cc1nc(CNC(=O)c2ccco2)sc1Cc1ccccc1. The van der Waals surface area contributed by atoms with Crippen molar-refractivity contribution < 1.29 is 9.21 Å². The second kappa shape index (κ2) is 6.58. The van der Waals surface area contributed by atoms with E-state index in [1.54, 1.807) is 23.5 Å². The van der Waals surface area contributed by atoms with Crippen LogP contribution in [0, 0.1) is 6.92 Å².